The van der Waals surface area contributed by atoms with Gasteiger partial charge < -0.3 is 9.47 Å². The van der Waals surface area contributed by atoms with E-state index in [9.17, 15) is 0 Å². The van der Waals surface area contributed by atoms with Crippen molar-refractivity contribution in [3.05, 3.63) is 206 Å². The minimum Gasteiger partial charge on any atom is -0.310 e. The van der Waals surface area contributed by atoms with Gasteiger partial charge in [0.05, 0.1) is 16.7 Å². The summed E-state index contributed by atoms with van der Waals surface area (Å²) in [7, 11) is 0. The average molecular weight is 663 g/mol. The molecule has 0 radical (unpaired) electrons. The van der Waals surface area contributed by atoms with Gasteiger partial charge in [0.1, 0.15) is 0 Å². The quantitative estimate of drug-likeness (QED) is 0.172. The first-order chi connectivity index (χ1) is 25.8. The van der Waals surface area contributed by atoms with Gasteiger partial charge in [-0.3, -0.25) is 0 Å². The molecule has 0 saturated heterocycles. The van der Waals surface area contributed by atoms with Gasteiger partial charge in [0.15, 0.2) is 0 Å². The Balaban J connectivity index is 1.23. The van der Waals surface area contributed by atoms with Gasteiger partial charge in [-0.2, -0.15) is 0 Å². The average Bonchev–Trinajstić information content (AvgIpc) is 3.57. The number of rotatable bonds is 6. The molecule has 2 heteroatoms. The number of benzene rings is 9. The molecule has 0 N–H and O–H groups in total. The van der Waals surface area contributed by atoms with Gasteiger partial charge in [0, 0.05) is 38.8 Å². The van der Waals surface area contributed by atoms with Crippen LogP contribution in [0.1, 0.15) is 0 Å². The molecule has 0 bridgehead atoms. The summed E-state index contributed by atoms with van der Waals surface area (Å²) in [6.07, 6.45) is 0. The van der Waals surface area contributed by atoms with Crippen LogP contribution in [-0.2, 0) is 0 Å². The van der Waals surface area contributed by atoms with Crippen molar-refractivity contribution >= 4 is 60.4 Å². The predicted octanol–water partition coefficient (Wildman–Crippen LogP) is 13.9. The summed E-state index contributed by atoms with van der Waals surface area (Å²) in [5.41, 5.74) is 11.6. The van der Waals surface area contributed by atoms with Gasteiger partial charge in [0.2, 0.25) is 0 Å². The second-order valence-electron chi connectivity index (χ2n) is 13.4. The number of nitrogens with zero attached hydrogens (tertiary/aromatic N) is 2. The lowest BCUT2D eigenvalue weighted by Crippen LogP contribution is -2.12. The maximum Gasteiger partial charge on any atom is 0.0619 e. The second kappa shape index (κ2) is 12.5. The van der Waals surface area contributed by atoms with Crippen LogP contribution >= 0.6 is 0 Å². The van der Waals surface area contributed by atoms with E-state index in [-0.39, 0.29) is 0 Å². The van der Waals surface area contributed by atoms with E-state index < -0.39 is 0 Å². The van der Waals surface area contributed by atoms with Gasteiger partial charge in [-0.1, -0.05) is 158 Å². The Hall–Kier alpha value is -6.90. The van der Waals surface area contributed by atoms with Gasteiger partial charge in [-0.15, -0.1) is 0 Å². The summed E-state index contributed by atoms with van der Waals surface area (Å²) in [6.45, 7) is 0. The Morgan fingerprint density at radius 1 is 0.346 bits per heavy atom. The minimum atomic E-state index is 1.10. The van der Waals surface area contributed by atoms with Crippen LogP contribution in [0.5, 0.6) is 0 Å². The molecule has 244 valence electrons. The number of anilines is 3. The Bertz CT molecular complexity index is 2890. The summed E-state index contributed by atoms with van der Waals surface area (Å²) in [4.78, 5) is 2.41. The van der Waals surface area contributed by atoms with E-state index in [2.05, 4.69) is 216 Å². The van der Waals surface area contributed by atoms with Crippen molar-refractivity contribution in [2.75, 3.05) is 4.90 Å². The lowest BCUT2D eigenvalue weighted by Gasteiger charge is -2.29. The Morgan fingerprint density at radius 2 is 0.942 bits per heavy atom. The van der Waals surface area contributed by atoms with Crippen LogP contribution in [0.3, 0.4) is 0 Å². The van der Waals surface area contributed by atoms with E-state index in [1.807, 2.05) is 0 Å². The third-order valence-electron chi connectivity index (χ3n) is 10.3. The summed E-state index contributed by atoms with van der Waals surface area (Å²) >= 11 is 0. The second-order valence-corrected chi connectivity index (χ2v) is 13.4. The number of fused-ring (bicyclic) bond motifs is 6. The summed E-state index contributed by atoms with van der Waals surface area (Å²) in [5.74, 6) is 0. The smallest absolute Gasteiger partial charge is 0.0619 e. The third kappa shape index (κ3) is 5.04. The normalized spacial score (nSPS) is 11.5. The summed E-state index contributed by atoms with van der Waals surface area (Å²) in [5, 5.41) is 7.43. The van der Waals surface area contributed by atoms with Crippen molar-refractivity contribution in [2.24, 2.45) is 0 Å². The molecular formula is C50H34N2. The Labute approximate surface area is 303 Å². The van der Waals surface area contributed by atoms with Crippen molar-refractivity contribution in [3.8, 4) is 27.9 Å². The molecule has 0 atom stereocenters. The largest absolute Gasteiger partial charge is 0.310 e. The van der Waals surface area contributed by atoms with Gasteiger partial charge >= 0.3 is 0 Å². The van der Waals surface area contributed by atoms with E-state index >= 15 is 0 Å². The van der Waals surface area contributed by atoms with Crippen molar-refractivity contribution in [2.45, 2.75) is 0 Å². The first-order valence-electron chi connectivity index (χ1n) is 17.9. The van der Waals surface area contributed by atoms with E-state index in [1.165, 1.54) is 54.5 Å². The highest BCUT2D eigenvalue weighted by Gasteiger charge is 2.21. The molecule has 0 aliphatic rings. The molecule has 9 aromatic carbocycles. The zero-order valence-electron chi connectivity index (χ0n) is 28.5. The molecule has 0 spiro atoms. The summed E-state index contributed by atoms with van der Waals surface area (Å²) < 4.78 is 2.46. The zero-order valence-corrected chi connectivity index (χ0v) is 28.5. The highest BCUT2D eigenvalue weighted by Crippen LogP contribution is 2.44. The molecule has 52 heavy (non-hydrogen) atoms. The predicted molar refractivity (Wildman–Crippen MR) is 221 cm³/mol. The van der Waals surface area contributed by atoms with Crippen LogP contribution in [0.15, 0.2) is 206 Å². The molecule has 10 aromatic rings. The SMILES string of the molecule is c1ccc(-c2ccc(N(c3ccc4ccccc4c3)c3ccc(-n4c5ccccc5c5ccc6ccccc6c54)cc3-c3ccccc3)cc2)cc1. The maximum atomic E-state index is 2.46. The standard InChI is InChI=1S/C50H34N2/c1-3-13-35(14-4-1)37-23-27-41(28-24-37)51(42-29-25-36-15-7-8-19-40(36)33-42)49-32-30-43(34-47(49)38-16-5-2-6-17-38)52-48-22-12-11-21-45(48)46-31-26-39-18-9-10-20-44(39)50(46)52/h1-34H. The molecule has 0 fully saturated rings. The van der Waals surface area contributed by atoms with E-state index in [1.54, 1.807) is 0 Å². The fraction of sp³-hybridized carbons (Fsp3) is 0. The molecule has 0 aliphatic carbocycles. The van der Waals surface area contributed by atoms with Crippen LogP contribution in [0.4, 0.5) is 17.1 Å². The fourth-order valence-electron chi connectivity index (χ4n) is 7.88. The Kier molecular flexibility index (Phi) is 7.18. The van der Waals surface area contributed by atoms with Crippen molar-refractivity contribution < 1.29 is 0 Å². The zero-order chi connectivity index (χ0) is 34.4. The topological polar surface area (TPSA) is 8.17 Å². The molecule has 1 aromatic heterocycles. The van der Waals surface area contributed by atoms with Gasteiger partial charge in [0.25, 0.3) is 0 Å². The van der Waals surface area contributed by atoms with E-state index in [0.29, 0.717) is 0 Å². The first-order valence-corrected chi connectivity index (χ1v) is 17.9. The van der Waals surface area contributed by atoms with Crippen molar-refractivity contribution in [1.29, 1.82) is 0 Å². The molecule has 0 amide bonds. The van der Waals surface area contributed by atoms with E-state index in [4.69, 9.17) is 0 Å². The highest BCUT2D eigenvalue weighted by atomic mass is 15.1. The van der Waals surface area contributed by atoms with Gasteiger partial charge in [-0.05, 0) is 81.4 Å². The number of aromatic nitrogens is 1. The van der Waals surface area contributed by atoms with Crippen LogP contribution in [0, 0.1) is 0 Å². The number of hydrogen-bond acceptors (Lipinski definition) is 1. The first kappa shape index (κ1) is 30.0. The lowest BCUT2D eigenvalue weighted by molar-refractivity contribution is 1.18. The van der Waals surface area contributed by atoms with Crippen LogP contribution in [-0.4, -0.2) is 4.57 Å². The third-order valence-corrected chi connectivity index (χ3v) is 10.3. The summed E-state index contributed by atoms with van der Waals surface area (Å²) in [6, 6.07) is 74.8. The van der Waals surface area contributed by atoms with Crippen LogP contribution in [0.25, 0.3) is 71.3 Å². The van der Waals surface area contributed by atoms with Crippen LogP contribution in [0.2, 0.25) is 0 Å². The highest BCUT2D eigenvalue weighted by molar-refractivity contribution is 6.18. The van der Waals surface area contributed by atoms with Crippen molar-refractivity contribution in [1.82, 2.24) is 4.57 Å². The van der Waals surface area contributed by atoms with E-state index in [0.717, 1.165) is 33.9 Å². The molecule has 1 heterocycles. The van der Waals surface area contributed by atoms with Crippen molar-refractivity contribution in [3.63, 3.8) is 0 Å². The maximum absolute atomic E-state index is 2.46. The minimum absolute atomic E-state index is 1.10. The molecule has 2 nitrogen and oxygen atoms in total. The number of para-hydroxylation sites is 1. The molecular weight excluding hydrogens is 629 g/mol. The number of hydrogen-bond donors (Lipinski definition) is 0. The fourth-order valence-corrected chi connectivity index (χ4v) is 7.88. The molecule has 0 unspecified atom stereocenters. The lowest BCUT2D eigenvalue weighted by atomic mass is 9.99. The molecule has 0 aliphatic heterocycles. The van der Waals surface area contributed by atoms with Crippen LogP contribution < -0.4 is 4.90 Å². The monoisotopic (exact) mass is 662 g/mol. The molecule has 10 rings (SSSR count). The molecule has 0 saturated carbocycles. The van der Waals surface area contributed by atoms with Gasteiger partial charge in [-0.25, -0.2) is 0 Å². The Morgan fingerprint density at radius 3 is 1.73 bits per heavy atom.